The predicted octanol–water partition coefficient (Wildman–Crippen LogP) is 2.90. The van der Waals surface area contributed by atoms with Gasteiger partial charge in [-0.05, 0) is 38.8 Å². The number of carbonyl (C=O) groups excluding carboxylic acids is 1. The van der Waals surface area contributed by atoms with Crippen LogP contribution in [0.3, 0.4) is 0 Å². The summed E-state index contributed by atoms with van der Waals surface area (Å²) in [6, 6.07) is 7.14. The first-order chi connectivity index (χ1) is 13.8. The number of sulfonamides is 1. The largest absolute Gasteiger partial charge is 0.489 e. The van der Waals surface area contributed by atoms with Gasteiger partial charge >= 0.3 is 0 Å². The number of nitrogens with one attached hydrogen (secondary N) is 1. The number of aryl methyl sites for hydroxylation is 2. The van der Waals surface area contributed by atoms with Gasteiger partial charge in [0.25, 0.3) is 0 Å². The summed E-state index contributed by atoms with van der Waals surface area (Å²) in [7, 11) is -3.68. The molecule has 0 bridgehead atoms. The van der Waals surface area contributed by atoms with Crippen molar-refractivity contribution in [3.63, 3.8) is 0 Å². The van der Waals surface area contributed by atoms with Gasteiger partial charge in [-0.25, -0.2) is 8.42 Å². The van der Waals surface area contributed by atoms with E-state index in [9.17, 15) is 13.2 Å². The SMILES string of the molecule is C=CCOc1cccc(NC(=O)C2CCN(S(=O)(=O)c3c(C)noc3C)CC2)c1. The third-order valence-corrected chi connectivity index (χ3v) is 7.00. The highest BCUT2D eigenvalue weighted by molar-refractivity contribution is 7.89. The van der Waals surface area contributed by atoms with Gasteiger partial charge in [0.1, 0.15) is 22.9 Å². The van der Waals surface area contributed by atoms with Crippen LogP contribution >= 0.6 is 0 Å². The van der Waals surface area contributed by atoms with Crippen molar-refractivity contribution >= 4 is 21.6 Å². The number of carbonyl (C=O) groups is 1. The lowest BCUT2D eigenvalue weighted by Crippen LogP contribution is -2.41. The summed E-state index contributed by atoms with van der Waals surface area (Å²) in [5.74, 6) is 0.535. The van der Waals surface area contributed by atoms with Crippen LogP contribution in [0.4, 0.5) is 5.69 Å². The van der Waals surface area contributed by atoms with E-state index in [1.54, 1.807) is 44.2 Å². The van der Waals surface area contributed by atoms with Crippen molar-refractivity contribution in [1.29, 1.82) is 0 Å². The highest BCUT2D eigenvalue weighted by atomic mass is 32.2. The van der Waals surface area contributed by atoms with E-state index in [0.717, 1.165) is 0 Å². The number of piperidine rings is 1. The number of benzene rings is 1. The van der Waals surface area contributed by atoms with Crippen LogP contribution in [0.1, 0.15) is 24.3 Å². The van der Waals surface area contributed by atoms with Gasteiger partial charge in [-0.1, -0.05) is 23.9 Å². The maximum Gasteiger partial charge on any atom is 0.248 e. The van der Waals surface area contributed by atoms with Crippen LogP contribution in [-0.2, 0) is 14.8 Å². The van der Waals surface area contributed by atoms with Gasteiger partial charge < -0.3 is 14.6 Å². The van der Waals surface area contributed by atoms with E-state index in [2.05, 4.69) is 17.1 Å². The van der Waals surface area contributed by atoms with Crippen molar-refractivity contribution in [3.05, 3.63) is 48.4 Å². The molecule has 9 heteroatoms. The third-order valence-electron chi connectivity index (χ3n) is 4.86. The maximum absolute atomic E-state index is 12.9. The average molecular weight is 420 g/mol. The molecular weight excluding hydrogens is 394 g/mol. The maximum atomic E-state index is 12.9. The molecule has 1 aromatic heterocycles. The number of aromatic nitrogens is 1. The minimum absolute atomic E-state index is 0.122. The molecule has 0 atom stereocenters. The van der Waals surface area contributed by atoms with E-state index in [1.165, 1.54) is 4.31 Å². The molecule has 156 valence electrons. The van der Waals surface area contributed by atoms with Crippen molar-refractivity contribution < 1.29 is 22.5 Å². The van der Waals surface area contributed by atoms with Crippen LogP contribution in [0.5, 0.6) is 5.75 Å². The zero-order chi connectivity index (χ0) is 21.0. The van der Waals surface area contributed by atoms with Gasteiger partial charge in [-0.3, -0.25) is 4.79 Å². The summed E-state index contributed by atoms with van der Waals surface area (Å²) in [6.07, 6.45) is 2.54. The molecule has 3 rings (SSSR count). The van der Waals surface area contributed by atoms with E-state index in [1.807, 2.05) is 0 Å². The number of anilines is 1. The Kier molecular flexibility index (Phi) is 6.39. The average Bonchev–Trinajstić information content (AvgIpc) is 3.05. The second-order valence-corrected chi connectivity index (χ2v) is 8.82. The van der Waals surface area contributed by atoms with Gasteiger partial charge in [0.05, 0.1) is 0 Å². The normalized spacial score (nSPS) is 15.8. The summed E-state index contributed by atoms with van der Waals surface area (Å²) in [5, 5.41) is 6.62. The van der Waals surface area contributed by atoms with Crippen LogP contribution in [0.25, 0.3) is 0 Å². The molecule has 2 aromatic rings. The fraction of sp³-hybridized carbons (Fsp3) is 0.400. The minimum atomic E-state index is -3.68. The van der Waals surface area contributed by atoms with E-state index >= 15 is 0 Å². The highest BCUT2D eigenvalue weighted by Gasteiger charge is 2.35. The molecule has 1 aliphatic rings. The number of rotatable bonds is 7. The number of ether oxygens (including phenoxy) is 1. The molecule has 1 fully saturated rings. The van der Waals surface area contributed by atoms with Crippen LogP contribution in [0.15, 0.2) is 46.3 Å². The lowest BCUT2D eigenvalue weighted by Gasteiger charge is -2.30. The highest BCUT2D eigenvalue weighted by Crippen LogP contribution is 2.28. The van der Waals surface area contributed by atoms with Crippen LogP contribution in [0, 0.1) is 19.8 Å². The molecule has 1 saturated heterocycles. The van der Waals surface area contributed by atoms with E-state index in [0.29, 0.717) is 36.6 Å². The topological polar surface area (TPSA) is 102 Å². The molecule has 0 spiro atoms. The first-order valence-corrected chi connectivity index (χ1v) is 10.8. The van der Waals surface area contributed by atoms with Crippen molar-refractivity contribution in [2.24, 2.45) is 5.92 Å². The molecule has 8 nitrogen and oxygen atoms in total. The zero-order valence-corrected chi connectivity index (χ0v) is 17.4. The molecular formula is C20H25N3O5S. The van der Waals surface area contributed by atoms with Crippen LogP contribution in [0.2, 0.25) is 0 Å². The first kappa shape index (κ1) is 21.1. The summed E-state index contributed by atoms with van der Waals surface area (Å²) >= 11 is 0. The van der Waals surface area contributed by atoms with Crippen LogP contribution in [-0.4, -0.2) is 43.5 Å². The second kappa shape index (κ2) is 8.79. The monoisotopic (exact) mass is 419 g/mol. The third kappa shape index (κ3) is 4.68. The molecule has 0 saturated carbocycles. The Bertz CT molecular complexity index is 972. The number of amides is 1. The zero-order valence-electron chi connectivity index (χ0n) is 16.6. The summed E-state index contributed by atoms with van der Waals surface area (Å²) in [5.41, 5.74) is 0.989. The Labute approximate surface area is 170 Å². The van der Waals surface area contributed by atoms with Gasteiger partial charge in [-0.15, -0.1) is 0 Å². The quantitative estimate of drug-likeness (QED) is 0.693. The number of hydrogen-bond donors (Lipinski definition) is 1. The van der Waals surface area contributed by atoms with Crippen molar-refractivity contribution in [2.75, 3.05) is 25.0 Å². The molecule has 1 amide bonds. The van der Waals surface area contributed by atoms with Crippen molar-refractivity contribution in [2.45, 2.75) is 31.6 Å². The smallest absolute Gasteiger partial charge is 0.248 e. The predicted molar refractivity (Wildman–Crippen MR) is 108 cm³/mol. The second-order valence-electron chi connectivity index (χ2n) is 6.95. The Morgan fingerprint density at radius 3 is 2.72 bits per heavy atom. The van der Waals surface area contributed by atoms with Gasteiger partial charge in [0, 0.05) is 30.8 Å². The minimum Gasteiger partial charge on any atom is -0.489 e. The van der Waals surface area contributed by atoms with Gasteiger partial charge in [0.2, 0.25) is 15.9 Å². The first-order valence-electron chi connectivity index (χ1n) is 9.40. The molecule has 1 aromatic carbocycles. The number of nitrogens with zero attached hydrogens (tertiary/aromatic N) is 2. The Morgan fingerprint density at radius 2 is 2.10 bits per heavy atom. The Balaban J connectivity index is 1.61. The fourth-order valence-electron chi connectivity index (χ4n) is 3.39. The molecule has 2 heterocycles. The Morgan fingerprint density at radius 1 is 1.38 bits per heavy atom. The molecule has 29 heavy (non-hydrogen) atoms. The molecule has 1 N–H and O–H groups in total. The standard InChI is InChI=1S/C20H25N3O5S/c1-4-12-27-18-7-5-6-17(13-18)21-20(24)16-8-10-23(11-9-16)29(25,26)19-14(2)22-28-15(19)3/h4-7,13,16H,1,8-12H2,2-3H3,(H,21,24). The lowest BCUT2D eigenvalue weighted by atomic mass is 9.97. The molecule has 0 radical (unpaired) electrons. The summed E-state index contributed by atoms with van der Waals surface area (Å²) in [4.78, 5) is 12.7. The summed E-state index contributed by atoms with van der Waals surface area (Å²) in [6.45, 7) is 7.72. The van der Waals surface area contributed by atoms with E-state index < -0.39 is 10.0 Å². The molecule has 0 aliphatic carbocycles. The number of hydrogen-bond acceptors (Lipinski definition) is 6. The van der Waals surface area contributed by atoms with Crippen LogP contribution < -0.4 is 10.1 Å². The molecule has 1 aliphatic heterocycles. The van der Waals surface area contributed by atoms with Crippen molar-refractivity contribution in [3.8, 4) is 5.75 Å². The van der Waals surface area contributed by atoms with Crippen molar-refractivity contribution in [1.82, 2.24) is 9.46 Å². The van der Waals surface area contributed by atoms with Gasteiger partial charge in [0.15, 0.2) is 5.76 Å². The fourth-order valence-corrected chi connectivity index (χ4v) is 5.15. The van der Waals surface area contributed by atoms with E-state index in [4.69, 9.17) is 9.26 Å². The lowest BCUT2D eigenvalue weighted by molar-refractivity contribution is -0.120. The molecule has 0 unspecified atom stereocenters. The van der Waals surface area contributed by atoms with E-state index in [-0.39, 0.29) is 35.6 Å². The summed E-state index contributed by atoms with van der Waals surface area (Å²) < 4.78 is 37.6. The Hall–Kier alpha value is -2.65. The van der Waals surface area contributed by atoms with Gasteiger partial charge in [-0.2, -0.15) is 4.31 Å².